The number of nitrogens with one attached hydrogen (secondary N) is 1. The molecule has 158 valence electrons. The molecule has 1 aromatic carbocycles. The number of aromatic amines is 1. The Bertz CT molecular complexity index is 979. The lowest BCUT2D eigenvalue weighted by atomic mass is 10.0. The van der Waals surface area contributed by atoms with E-state index in [1.165, 1.54) is 0 Å². The van der Waals surface area contributed by atoms with E-state index in [-0.39, 0.29) is 11.8 Å². The highest BCUT2D eigenvalue weighted by Crippen LogP contribution is 2.34. The van der Waals surface area contributed by atoms with Crippen molar-refractivity contribution in [1.29, 1.82) is 0 Å². The molecule has 0 spiro atoms. The van der Waals surface area contributed by atoms with Gasteiger partial charge in [-0.05, 0) is 18.6 Å². The molecular weight excluding hydrogens is 378 g/mol. The van der Waals surface area contributed by atoms with Crippen molar-refractivity contribution in [2.75, 3.05) is 20.2 Å². The molecule has 1 aliphatic rings. The van der Waals surface area contributed by atoms with Crippen molar-refractivity contribution < 1.29 is 9.53 Å². The summed E-state index contributed by atoms with van der Waals surface area (Å²) in [6, 6.07) is 8.22. The predicted molar refractivity (Wildman–Crippen MR) is 116 cm³/mol. The number of fused-ring (bicyclic) bond motifs is 1. The highest BCUT2D eigenvalue weighted by molar-refractivity contribution is 5.94. The fourth-order valence-corrected chi connectivity index (χ4v) is 4.18. The van der Waals surface area contributed by atoms with Gasteiger partial charge >= 0.3 is 0 Å². The van der Waals surface area contributed by atoms with Crippen molar-refractivity contribution in [1.82, 2.24) is 24.4 Å². The van der Waals surface area contributed by atoms with E-state index in [0.717, 1.165) is 61.7 Å². The maximum Gasteiger partial charge on any atom is 0.181 e. The van der Waals surface area contributed by atoms with Gasteiger partial charge < -0.3 is 14.3 Å². The molecule has 2 aromatic heterocycles. The second-order valence-electron chi connectivity index (χ2n) is 7.71. The van der Waals surface area contributed by atoms with Crippen molar-refractivity contribution in [2.24, 2.45) is 0 Å². The molecule has 3 heterocycles. The van der Waals surface area contributed by atoms with Crippen LogP contribution in [-0.4, -0.2) is 50.4 Å². The van der Waals surface area contributed by atoms with E-state index in [4.69, 9.17) is 9.72 Å². The zero-order valence-electron chi connectivity index (χ0n) is 17.7. The number of hydrogen-bond acceptors (Lipinski definition) is 5. The third-order valence-corrected chi connectivity index (χ3v) is 5.81. The molecule has 1 N–H and O–H groups in total. The number of ketones is 1. The van der Waals surface area contributed by atoms with Crippen LogP contribution in [-0.2, 0) is 6.54 Å². The van der Waals surface area contributed by atoms with E-state index in [0.29, 0.717) is 12.1 Å². The number of unbranched alkanes of at least 4 members (excludes halogenated alkanes) is 1. The molecule has 1 aliphatic heterocycles. The van der Waals surface area contributed by atoms with E-state index in [9.17, 15) is 4.79 Å². The summed E-state index contributed by atoms with van der Waals surface area (Å²) >= 11 is 0. The van der Waals surface area contributed by atoms with Gasteiger partial charge in [0.1, 0.15) is 17.3 Å². The maximum absolute atomic E-state index is 12.4. The van der Waals surface area contributed by atoms with Gasteiger partial charge in [-0.15, -0.1) is 0 Å². The third kappa shape index (κ3) is 4.16. The van der Waals surface area contributed by atoms with E-state index in [1.54, 1.807) is 19.6 Å². The Hall–Kier alpha value is -2.93. The van der Waals surface area contributed by atoms with Crippen LogP contribution in [0, 0.1) is 0 Å². The average molecular weight is 408 g/mol. The molecule has 0 bridgehead atoms. The molecule has 0 saturated heterocycles. The Labute approximate surface area is 177 Å². The number of carbonyl (C=O) groups is 1. The van der Waals surface area contributed by atoms with E-state index in [1.807, 2.05) is 18.2 Å². The Morgan fingerprint density at radius 1 is 1.30 bits per heavy atom. The second-order valence-corrected chi connectivity index (χ2v) is 7.71. The smallest absolute Gasteiger partial charge is 0.181 e. The van der Waals surface area contributed by atoms with Crippen LogP contribution in [0.5, 0.6) is 5.75 Å². The van der Waals surface area contributed by atoms with E-state index >= 15 is 0 Å². The van der Waals surface area contributed by atoms with Crippen LogP contribution in [0.25, 0.3) is 11.3 Å². The molecule has 0 amide bonds. The summed E-state index contributed by atoms with van der Waals surface area (Å²) < 4.78 is 7.81. The highest BCUT2D eigenvalue weighted by atomic mass is 16.5. The third-order valence-electron chi connectivity index (χ3n) is 5.81. The lowest BCUT2D eigenvalue weighted by Gasteiger charge is -2.35. The van der Waals surface area contributed by atoms with Crippen LogP contribution < -0.4 is 4.74 Å². The number of Topliss-reactive ketones (excluding diaryl/α,β-unsaturated/α-hetero) is 1. The number of carbonyl (C=O) groups excluding carboxylic acids is 1. The van der Waals surface area contributed by atoms with Gasteiger partial charge in [0.2, 0.25) is 0 Å². The van der Waals surface area contributed by atoms with Crippen LogP contribution in [0.3, 0.4) is 0 Å². The predicted octanol–water partition coefficient (Wildman–Crippen LogP) is 4.10. The molecular formula is C23H29N5O2. The van der Waals surface area contributed by atoms with Crippen molar-refractivity contribution in [3.8, 4) is 17.0 Å². The Morgan fingerprint density at radius 2 is 2.17 bits per heavy atom. The van der Waals surface area contributed by atoms with E-state index < -0.39 is 0 Å². The minimum atomic E-state index is 0.102. The van der Waals surface area contributed by atoms with Crippen molar-refractivity contribution in [2.45, 2.75) is 45.2 Å². The summed E-state index contributed by atoms with van der Waals surface area (Å²) in [5.41, 5.74) is 2.54. The van der Waals surface area contributed by atoms with Gasteiger partial charge in [-0.2, -0.15) is 0 Å². The largest absolute Gasteiger partial charge is 0.496 e. The maximum atomic E-state index is 12.4. The Balaban J connectivity index is 1.56. The lowest BCUT2D eigenvalue weighted by molar-refractivity contribution is 0.0915. The first-order chi connectivity index (χ1) is 14.7. The quantitative estimate of drug-likeness (QED) is 0.541. The summed E-state index contributed by atoms with van der Waals surface area (Å²) in [7, 11) is 1.69. The number of hydrogen-bond donors (Lipinski definition) is 1. The Kier molecular flexibility index (Phi) is 6.28. The van der Waals surface area contributed by atoms with Crippen molar-refractivity contribution in [3.63, 3.8) is 0 Å². The van der Waals surface area contributed by atoms with Gasteiger partial charge in [0.15, 0.2) is 5.78 Å². The number of ether oxygens (including phenoxy) is 1. The molecule has 7 nitrogen and oxygen atoms in total. The zero-order chi connectivity index (χ0) is 20.9. The van der Waals surface area contributed by atoms with Crippen molar-refractivity contribution >= 4 is 5.78 Å². The molecule has 0 fully saturated rings. The van der Waals surface area contributed by atoms with Gasteiger partial charge in [-0.3, -0.25) is 9.69 Å². The van der Waals surface area contributed by atoms with Gasteiger partial charge in [-0.25, -0.2) is 9.97 Å². The fraction of sp³-hybridized carbons (Fsp3) is 0.435. The minimum Gasteiger partial charge on any atom is -0.496 e. The molecule has 0 saturated carbocycles. The summed E-state index contributed by atoms with van der Waals surface area (Å²) in [6.07, 6.45) is 9.07. The summed E-state index contributed by atoms with van der Waals surface area (Å²) in [5.74, 6) is 2.02. The molecule has 0 radical (unpaired) electrons. The van der Waals surface area contributed by atoms with Gasteiger partial charge in [0, 0.05) is 37.8 Å². The summed E-state index contributed by atoms with van der Waals surface area (Å²) in [5, 5.41) is 0. The molecule has 0 aliphatic carbocycles. The number of para-hydroxylation sites is 1. The number of nitrogens with zero attached hydrogens (tertiary/aromatic N) is 4. The number of benzene rings is 1. The SMILES string of the molecule is CCCCC1c2nc(-c3ccccc3OC)cn2CCN1CCC(=O)c1cnc[nH]1. The van der Waals surface area contributed by atoms with Crippen LogP contribution in [0.4, 0.5) is 0 Å². The first-order valence-corrected chi connectivity index (χ1v) is 10.7. The molecule has 1 unspecified atom stereocenters. The van der Waals surface area contributed by atoms with E-state index in [2.05, 4.69) is 38.6 Å². The zero-order valence-corrected chi connectivity index (χ0v) is 17.7. The first-order valence-electron chi connectivity index (χ1n) is 10.7. The fourth-order valence-electron chi connectivity index (χ4n) is 4.18. The first kappa shape index (κ1) is 20.3. The number of H-pyrrole nitrogens is 1. The molecule has 7 heteroatoms. The number of aromatic nitrogens is 4. The molecule has 30 heavy (non-hydrogen) atoms. The summed E-state index contributed by atoms with van der Waals surface area (Å²) in [6.45, 7) is 4.72. The lowest BCUT2D eigenvalue weighted by Crippen LogP contribution is -2.39. The standard InChI is InChI=1S/C23H29N5O2/c1-3-4-8-20-23-26-19(17-7-5-6-9-22(17)30-2)15-28(23)13-12-27(20)11-10-21(29)18-14-24-16-25-18/h5-7,9,14-16,20H,3-4,8,10-13H2,1-2H3,(H,24,25). The monoisotopic (exact) mass is 407 g/mol. The topological polar surface area (TPSA) is 76.0 Å². The van der Waals surface area contributed by atoms with Crippen LogP contribution in [0.15, 0.2) is 43.0 Å². The molecule has 1 atom stereocenters. The second kappa shape index (κ2) is 9.26. The van der Waals surface area contributed by atoms with Crippen LogP contribution in [0.2, 0.25) is 0 Å². The number of imidazole rings is 2. The molecule has 3 aromatic rings. The normalized spacial score (nSPS) is 16.4. The molecule has 4 rings (SSSR count). The average Bonchev–Trinajstić information content (AvgIpc) is 3.46. The van der Waals surface area contributed by atoms with Crippen molar-refractivity contribution in [3.05, 3.63) is 54.5 Å². The Morgan fingerprint density at radius 3 is 2.93 bits per heavy atom. The number of rotatable bonds is 9. The summed E-state index contributed by atoms with van der Waals surface area (Å²) in [4.78, 5) is 26.8. The minimum absolute atomic E-state index is 0.102. The van der Waals surface area contributed by atoms with Gasteiger partial charge in [0.05, 0.1) is 31.4 Å². The van der Waals surface area contributed by atoms with Gasteiger partial charge in [0.25, 0.3) is 0 Å². The van der Waals surface area contributed by atoms with Crippen LogP contribution in [0.1, 0.15) is 55.0 Å². The number of methoxy groups -OCH3 is 1. The van der Waals surface area contributed by atoms with Gasteiger partial charge in [-0.1, -0.05) is 31.9 Å². The highest BCUT2D eigenvalue weighted by Gasteiger charge is 2.30. The van der Waals surface area contributed by atoms with Crippen LogP contribution >= 0.6 is 0 Å².